The molecule has 0 atom stereocenters. The number of nitrogens with two attached hydrogens (primary N) is 1. The molecule has 0 bridgehead atoms. The third-order valence-electron chi connectivity index (χ3n) is 6.79. The van der Waals surface area contributed by atoms with E-state index in [1.807, 2.05) is 41.8 Å². The van der Waals surface area contributed by atoms with E-state index >= 15 is 0 Å². The normalized spacial score (nSPS) is 14.9. The molecule has 1 aromatic carbocycles. The van der Waals surface area contributed by atoms with Crippen LogP contribution in [0.2, 0.25) is 0 Å². The number of hydrogen-bond acceptors (Lipinski definition) is 9. The Morgan fingerprint density at radius 1 is 1.11 bits per heavy atom. The van der Waals surface area contributed by atoms with Crippen LogP contribution in [0, 0.1) is 5.92 Å². The van der Waals surface area contributed by atoms with Crippen molar-refractivity contribution in [2.75, 3.05) is 32.5 Å². The number of hydrogen-bond donors (Lipinski definition) is 1. The van der Waals surface area contributed by atoms with Crippen LogP contribution in [-0.4, -0.2) is 56.5 Å². The molecule has 0 unspecified atom stereocenters. The van der Waals surface area contributed by atoms with Crippen LogP contribution in [0.15, 0.2) is 41.2 Å². The molecule has 0 aliphatic carbocycles. The van der Waals surface area contributed by atoms with Crippen molar-refractivity contribution in [1.82, 2.24) is 29.7 Å². The lowest BCUT2D eigenvalue weighted by Crippen LogP contribution is -2.30. The number of pyridine rings is 1. The van der Waals surface area contributed by atoms with E-state index in [2.05, 4.69) is 32.2 Å². The Balaban J connectivity index is 1.19. The number of piperidine rings is 1. The Morgan fingerprint density at radius 3 is 2.72 bits per heavy atom. The first-order chi connectivity index (χ1) is 17.6. The van der Waals surface area contributed by atoms with E-state index < -0.39 is 0 Å². The molecule has 36 heavy (non-hydrogen) atoms. The third kappa shape index (κ3) is 5.43. The average Bonchev–Trinajstić information content (AvgIpc) is 3.47. The first-order valence-electron chi connectivity index (χ1n) is 12.6. The van der Waals surface area contributed by atoms with Crippen LogP contribution in [0.5, 0.6) is 17.4 Å². The molecule has 1 saturated heterocycles. The highest BCUT2D eigenvalue weighted by Gasteiger charge is 2.19. The van der Waals surface area contributed by atoms with Crippen LogP contribution in [0.1, 0.15) is 39.0 Å². The molecular formula is C26H33N7O3. The summed E-state index contributed by atoms with van der Waals surface area (Å²) in [5, 5.41) is 7.55. The Kier molecular flexibility index (Phi) is 7.31. The first kappa shape index (κ1) is 24.1. The van der Waals surface area contributed by atoms with Crippen molar-refractivity contribution >= 4 is 16.9 Å². The van der Waals surface area contributed by atoms with Gasteiger partial charge in [-0.15, -0.1) is 0 Å². The predicted molar refractivity (Wildman–Crippen MR) is 137 cm³/mol. The van der Waals surface area contributed by atoms with Crippen molar-refractivity contribution in [2.24, 2.45) is 5.92 Å². The summed E-state index contributed by atoms with van der Waals surface area (Å²) < 4.78 is 18.8. The number of unbranched alkanes of at least 4 members (excludes halogenated alkanes) is 1. The number of aryl methyl sites for hydroxylation is 1. The number of imidazole rings is 1. The van der Waals surface area contributed by atoms with Crippen LogP contribution in [-0.2, 0) is 6.54 Å². The smallest absolute Gasteiger partial charge is 0.221 e. The standard InChI is InChI=1S/C26H33N7O3/c1-3-33-22-16-23(28-17-21(22)29-26(33)24-25(27)31-36-30-24)35-20-9-6-8-19(15-20)34-14-5-4-7-18-10-12-32(2)13-11-18/h6,8-9,15-18H,3-5,7,10-14H2,1-2H3,(H2,27,31). The molecule has 3 aromatic heterocycles. The molecule has 10 nitrogen and oxygen atoms in total. The van der Waals surface area contributed by atoms with Crippen molar-refractivity contribution < 1.29 is 14.1 Å². The first-order valence-corrected chi connectivity index (χ1v) is 12.6. The average molecular weight is 492 g/mol. The lowest BCUT2D eigenvalue weighted by molar-refractivity contribution is 0.206. The third-order valence-corrected chi connectivity index (χ3v) is 6.79. The van der Waals surface area contributed by atoms with Crippen LogP contribution in [0.4, 0.5) is 5.82 Å². The minimum atomic E-state index is 0.197. The number of likely N-dealkylation sites (tertiary alicyclic amines) is 1. The summed E-state index contributed by atoms with van der Waals surface area (Å²) in [5.41, 5.74) is 7.85. The highest BCUT2D eigenvalue weighted by molar-refractivity contribution is 5.81. The lowest BCUT2D eigenvalue weighted by Gasteiger charge is -2.28. The molecule has 1 fully saturated rings. The molecule has 1 aliphatic heterocycles. The van der Waals surface area contributed by atoms with Crippen LogP contribution < -0.4 is 15.2 Å². The van der Waals surface area contributed by atoms with Crippen LogP contribution in [0.25, 0.3) is 22.6 Å². The quantitative estimate of drug-likeness (QED) is 0.313. The van der Waals surface area contributed by atoms with Gasteiger partial charge in [0, 0.05) is 18.7 Å². The molecule has 0 spiro atoms. The number of benzene rings is 1. The van der Waals surface area contributed by atoms with E-state index in [0.29, 0.717) is 41.8 Å². The van der Waals surface area contributed by atoms with E-state index in [9.17, 15) is 0 Å². The highest BCUT2D eigenvalue weighted by Crippen LogP contribution is 2.30. The van der Waals surface area contributed by atoms with Crippen LogP contribution >= 0.6 is 0 Å². The SMILES string of the molecule is CCn1c(-c2nonc2N)nc2cnc(Oc3cccc(OCCCCC4CCN(C)CC4)c3)cc21. The molecule has 0 amide bonds. The second-order valence-corrected chi connectivity index (χ2v) is 9.36. The number of anilines is 1. The summed E-state index contributed by atoms with van der Waals surface area (Å²) in [6, 6.07) is 9.53. The largest absolute Gasteiger partial charge is 0.493 e. The van der Waals surface area contributed by atoms with Gasteiger partial charge in [-0.2, -0.15) is 0 Å². The number of ether oxygens (including phenoxy) is 2. The van der Waals surface area contributed by atoms with Gasteiger partial charge in [0.1, 0.15) is 17.0 Å². The molecule has 4 heterocycles. The zero-order valence-corrected chi connectivity index (χ0v) is 20.9. The van der Waals surface area contributed by atoms with Gasteiger partial charge in [0.2, 0.25) is 5.88 Å². The molecular weight excluding hydrogens is 458 g/mol. The predicted octanol–water partition coefficient (Wildman–Crippen LogP) is 4.77. The summed E-state index contributed by atoms with van der Waals surface area (Å²) in [6.45, 7) is 5.84. The maximum Gasteiger partial charge on any atom is 0.221 e. The molecule has 1 aliphatic rings. The minimum Gasteiger partial charge on any atom is -0.493 e. The summed E-state index contributed by atoms with van der Waals surface area (Å²) in [4.78, 5) is 11.5. The molecule has 5 rings (SSSR count). The maximum atomic E-state index is 6.06. The van der Waals surface area contributed by atoms with Gasteiger partial charge in [0.15, 0.2) is 17.3 Å². The second kappa shape index (κ2) is 10.9. The van der Waals surface area contributed by atoms with Crippen molar-refractivity contribution in [2.45, 2.75) is 45.6 Å². The summed E-state index contributed by atoms with van der Waals surface area (Å²) in [7, 11) is 2.21. The van der Waals surface area contributed by atoms with E-state index in [0.717, 1.165) is 23.6 Å². The van der Waals surface area contributed by atoms with Crippen molar-refractivity contribution in [3.8, 4) is 28.9 Å². The Hall–Kier alpha value is -3.66. The Morgan fingerprint density at radius 2 is 1.94 bits per heavy atom. The van der Waals surface area contributed by atoms with Gasteiger partial charge >= 0.3 is 0 Å². The van der Waals surface area contributed by atoms with Crippen LogP contribution in [0.3, 0.4) is 0 Å². The molecule has 0 radical (unpaired) electrons. The Labute approximate surface area is 210 Å². The van der Waals surface area contributed by atoms with Gasteiger partial charge in [-0.05, 0) is 81.1 Å². The fourth-order valence-corrected chi connectivity index (χ4v) is 4.74. The number of nitrogen functional groups attached to an aromatic ring is 1. The topological polar surface area (TPSA) is 117 Å². The fourth-order valence-electron chi connectivity index (χ4n) is 4.74. The second-order valence-electron chi connectivity index (χ2n) is 9.36. The van der Waals surface area contributed by atoms with Crippen molar-refractivity contribution in [1.29, 1.82) is 0 Å². The lowest BCUT2D eigenvalue weighted by atomic mass is 9.92. The molecule has 0 saturated carbocycles. The number of nitrogens with zero attached hydrogens (tertiary/aromatic N) is 6. The van der Waals surface area contributed by atoms with Gasteiger partial charge in [-0.3, -0.25) is 0 Å². The summed E-state index contributed by atoms with van der Waals surface area (Å²) >= 11 is 0. The number of fused-ring (bicyclic) bond motifs is 1. The molecule has 4 aromatic rings. The van der Waals surface area contributed by atoms with E-state index in [-0.39, 0.29) is 5.82 Å². The van der Waals surface area contributed by atoms with Gasteiger partial charge in [-0.1, -0.05) is 12.5 Å². The zero-order valence-electron chi connectivity index (χ0n) is 20.9. The van der Waals surface area contributed by atoms with Gasteiger partial charge < -0.3 is 24.7 Å². The number of rotatable bonds is 10. The maximum absolute atomic E-state index is 6.06. The van der Waals surface area contributed by atoms with E-state index in [1.165, 1.54) is 38.8 Å². The zero-order chi connectivity index (χ0) is 24.9. The summed E-state index contributed by atoms with van der Waals surface area (Å²) in [5.74, 6) is 3.57. The van der Waals surface area contributed by atoms with E-state index in [1.54, 1.807) is 6.20 Å². The van der Waals surface area contributed by atoms with E-state index in [4.69, 9.17) is 19.8 Å². The highest BCUT2D eigenvalue weighted by atomic mass is 16.6. The van der Waals surface area contributed by atoms with Crippen molar-refractivity contribution in [3.05, 3.63) is 36.5 Å². The van der Waals surface area contributed by atoms with Gasteiger partial charge in [0.25, 0.3) is 0 Å². The van der Waals surface area contributed by atoms with Gasteiger partial charge in [0.05, 0.1) is 18.3 Å². The minimum absolute atomic E-state index is 0.197. The fraction of sp³-hybridized carbons (Fsp3) is 0.462. The molecule has 190 valence electrons. The van der Waals surface area contributed by atoms with Crippen molar-refractivity contribution in [3.63, 3.8) is 0 Å². The molecule has 2 N–H and O–H groups in total. The monoisotopic (exact) mass is 491 g/mol. The van der Waals surface area contributed by atoms with Gasteiger partial charge in [-0.25, -0.2) is 14.6 Å². The number of aromatic nitrogens is 5. The summed E-state index contributed by atoms with van der Waals surface area (Å²) in [6.07, 6.45) is 7.88. The molecule has 10 heteroatoms. The Bertz CT molecular complexity index is 1290.